The Morgan fingerprint density at radius 3 is 2.48 bits per heavy atom. The summed E-state index contributed by atoms with van der Waals surface area (Å²) in [5.74, 6) is 0. The molecule has 0 aliphatic heterocycles. The van der Waals surface area contributed by atoms with Gasteiger partial charge in [-0.15, -0.1) is 0 Å². The lowest BCUT2D eigenvalue weighted by Gasteiger charge is -2.30. The first-order valence-electron chi connectivity index (χ1n) is 8.24. The van der Waals surface area contributed by atoms with Crippen LogP contribution in [-0.2, 0) is 13.1 Å². The number of nitrogens with one attached hydrogen (secondary N) is 1. The van der Waals surface area contributed by atoms with Gasteiger partial charge in [0.25, 0.3) is 0 Å². The van der Waals surface area contributed by atoms with Gasteiger partial charge in [0, 0.05) is 25.7 Å². The molecule has 1 atom stereocenters. The molecule has 1 N–H and O–H groups in total. The van der Waals surface area contributed by atoms with E-state index in [1.54, 1.807) is 0 Å². The number of benzene rings is 1. The van der Waals surface area contributed by atoms with Gasteiger partial charge in [-0.3, -0.25) is 4.90 Å². The predicted octanol–water partition coefficient (Wildman–Crippen LogP) is 2.96. The van der Waals surface area contributed by atoms with Crippen LogP contribution < -0.4 is 5.32 Å². The summed E-state index contributed by atoms with van der Waals surface area (Å²) in [6, 6.07) is 9.56. The first-order chi connectivity index (χ1) is 10.1. The Balaban J connectivity index is 2.60. The van der Waals surface area contributed by atoms with Crippen molar-refractivity contribution in [1.82, 2.24) is 15.1 Å². The fraction of sp³-hybridized carbons (Fsp3) is 0.667. The van der Waals surface area contributed by atoms with Crippen LogP contribution in [0.25, 0.3) is 0 Å². The molecule has 0 heterocycles. The molecule has 0 radical (unpaired) electrons. The van der Waals surface area contributed by atoms with E-state index in [-0.39, 0.29) is 0 Å². The van der Waals surface area contributed by atoms with Gasteiger partial charge in [-0.05, 0) is 51.7 Å². The zero-order valence-electron chi connectivity index (χ0n) is 14.5. The largest absolute Gasteiger partial charge is 0.313 e. The highest BCUT2D eigenvalue weighted by atomic mass is 15.2. The predicted molar refractivity (Wildman–Crippen MR) is 92.5 cm³/mol. The van der Waals surface area contributed by atoms with Gasteiger partial charge < -0.3 is 10.2 Å². The van der Waals surface area contributed by atoms with Gasteiger partial charge in [-0.2, -0.15) is 0 Å². The second-order valence-electron chi connectivity index (χ2n) is 6.17. The van der Waals surface area contributed by atoms with Crippen LogP contribution in [0.15, 0.2) is 24.3 Å². The molecule has 1 aromatic rings. The van der Waals surface area contributed by atoms with Crippen LogP contribution in [-0.4, -0.2) is 49.6 Å². The molecular weight excluding hydrogens is 258 g/mol. The van der Waals surface area contributed by atoms with E-state index in [0.717, 1.165) is 32.7 Å². The topological polar surface area (TPSA) is 18.5 Å². The molecule has 0 saturated heterocycles. The molecular formula is C18H33N3. The van der Waals surface area contributed by atoms with Crippen LogP contribution >= 0.6 is 0 Å². The Bertz CT molecular complexity index is 390. The molecule has 21 heavy (non-hydrogen) atoms. The van der Waals surface area contributed by atoms with Gasteiger partial charge in [0.1, 0.15) is 0 Å². The fourth-order valence-corrected chi connectivity index (χ4v) is 2.71. The van der Waals surface area contributed by atoms with E-state index < -0.39 is 0 Å². The standard InChI is InChI=1S/C18H33N3/c1-6-11-19-13-17-9-8-10-18(12-17)15-21(7-2)16(3)14-20(4)5/h8-10,12,16,19H,6-7,11,13-15H2,1-5H3. The van der Waals surface area contributed by atoms with Crippen LogP contribution in [0.2, 0.25) is 0 Å². The van der Waals surface area contributed by atoms with E-state index in [2.05, 4.69) is 74.2 Å². The Kier molecular flexibility index (Phi) is 8.58. The smallest absolute Gasteiger partial charge is 0.0237 e. The lowest BCUT2D eigenvalue weighted by Crippen LogP contribution is -2.39. The minimum Gasteiger partial charge on any atom is -0.313 e. The molecule has 1 rings (SSSR count). The third-order valence-corrected chi connectivity index (χ3v) is 3.79. The summed E-state index contributed by atoms with van der Waals surface area (Å²) < 4.78 is 0. The summed E-state index contributed by atoms with van der Waals surface area (Å²) in [7, 11) is 4.29. The van der Waals surface area contributed by atoms with Gasteiger partial charge in [-0.25, -0.2) is 0 Å². The van der Waals surface area contributed by atoms with Crippen molar-refractivity contribution in [2.24, 2.45) is 0 Å². The molecule has 0 spiro atoms. The van der Waals surface area contributed by atoms with Crippen molar-refractivity contribution in [3.63, 3.8) is 0 Å². The summed E-state index contributed by atoms with van der Waals surface area (Å²) in [4.78, 5) is 4.80. The van der Waals surface area contributed by atoms with E-state index in [1.807, 2.05) is 0 Å². The Labute approximate surface area is 131 Å². The minimum absolute atomic E-state index is 0.576. The second kappa shape index (κ2) is 9.93. The fourth-order valence-electron chi connectivity index (χ4n) is 2.71. The number of rotatable bonds is 10. The number of nitrogens with zero attached hydrogens (tertiary/aromatic N) is 2. The normalized spacial score (nSPS) is 13.1. The van der Waals surface area contributed by atoms with E-state index in [4.69, 9.17) is 0 Å². The molecule has 0 aromatic heterocycles. The van der Waals surface area contributed by atoms with Crippen molar-refractivity contribution >= 4 is 0 Å². The molecule has 0 aliphatic carbocycles. The molecule has 0 fully saturated rings. The maximum Gasteiger partial charge on any atom is 0.0237 e. The summed E-state index contributed by atoms with van der Waals surface area (Å²) in [5.41, 5.74) is 2.80. The molecule has 120 valence electrons. The molecule has 0 aliphatic rings. The molecule has 1 unspecified atom stereocenters. The first kappa shape index (κ1) is 18.1. The van der Waals surface area contributed by atoms with Gasteiger partial charge in [-0.1, -0.05) is 38.1 Å². The van der Waals surface area contributed by atoms with Crippen molar-refractivity contribution in [3.05, 3.63) is 35.4 Å². The van der Waals surface area contributed by atoms with Crippen molar-refractivity contribution < 1.29 is 0 Å². The maximum atomic E-state index is 3.47. The van der Waals surface area contributed by atoms with Crippen molar-refractivity contribution in [2.75, 3.05) is 33.7 Å². The third-order valence-electron chi connectivity index (χ3n) is 3.79. The summed E-state index contributed by atoms with van der Waals surface area (Å²) in [6.07, 6.45) is 1.19. The summed E-state index contributed by atoms with van der Waals surface area (Å²) in [6.45, 7) is 12.1. The number of hydrogen-bond acceptors (Lipinski definition) is 3. The van der Waals surface area contributed by atoms with Crippen LogP contribution in [0.5, 0.6) is 0 Å². The van der Waals surface area contributed by atoms with Crippen LogP contribution in [0.3, 0.4) is 0 Å². The van der Waals surface area contributed by atoms with E-state index in [9.17, 15) is 0 Å². The van der Waals surface area contributed by atoms with Gasteiger partial charge >= 0.3 is 0 Å². The van der Waals surface area contributed by atoms with E-state index >= 15 is 0 Å². The quantitative estimate of drug-likeness (QED) is 0.669. The molecule has 0 bridgehead atoms. The summed E-state index contributed by atoms with van der Waals surface area (Å²) >= 11 is 0. The summed E-state index contributed by atoms with van der Waals surface area (Å²) in [5, 5.41) is 3.47. The van der Waals surface area contributed by atoms with Crippen molar-refractivity contribution in [3.8, 4) is 0 Å². The Morgan fingerprint density at radius 1 is 1.14 bits per heavy atom. The van der Waals surface area contributed by atoms with Gasteiger partial charge in [0.2, 0.25) is 0 Å². The van der Waals surface area contributed by atoms with E-state index in [0.29, 0.717) is 6.04 Å². The minimum atomic E-state index is 0.576. The van der Waals surface area contributed by atoms with Crippen LogP contribution in [0.1, 0.15) is 38.3 Å². The SMILES string of the molecule is CCCNCc1cccc(CN(CC)C(C)CN(C)C)c1. The zero-order valence-corrected chi connectivity index (χ0v) is 14.5. The van der Waals surface area contributed by atoms with Gasteiger partial charge in [0.05, 0.1) is 0 Å². The lowest BCUT2D eigenvalue weighted by molar-refractivity contribution is 0.174. The molecule has 0 saturated carbocycles. The van der Waals surface area contributed by atoms with Crippen molar-refractivity contribution in [2.45, 2.75) is 46.3 Å². The Morgan fingerprint density at radius 2 is 1.86 bits per heavy atom. The maximum absolute atomic E-state index is 3.47. The van der Waals surface area contributed by atoms with Crippen LogP contribution in [0.4, 0.5) is 0 Å². The highest BCUT2D eigenvalue weighted by Crippen LogP contribution is 2.11. The lowest BCUT2D eigenvalue weighted by atomic mass is 10.1. The average molecular weight is 291 g/mol. The molecule has 3 heteroatoms. The van der Waals surface area contributed by atoms with Gasteiger partial charge in [0.15, 0.2) is 0 Å². The second-order valence-corrected chi connectivity index (χ2v) is 6.17. The highest BCUT2D eigenvalue weighted by molar-refractivity contribution is 5.23. The highest BCUT2D eigenvalue weighted by Gasteiger charge is 2.13. The monoisotopic (exact) mass is 291 g/mol. The molecule has 3 nitrogen and oxygen atoms in total. The molecule has 1 aromatic carbocycles. The average Bonchev–Trinajstić information content (AvgIpc) is 2.44. The number of hydrogen-bond donors (Lipinski definition) is 1. The first-order valence-corrected chi connectivity index (χ1v) is 8.24. The Hall–Kier alpha value is -0.900. The van der Waals surface area contributed by atoms with Crippen LogP contribution in [0, 0.1) is 0 Å². The third kappa shape index (κ3) is 7.07. The zero-order chi connectivity index (χ0) is 15.7. The van der Waals surface area contributed by atoms with Crippen molar-refractivity contribution in [1.29, 1.82) is 0 Å². The number of likely N-dealkylation sites (N-methyl/N-ethyl adjacent to an activating group) is 2. The molecule has 0 amide bonds. The van der Waals surface area contributed by atoms with E-state index in [1.165, 1.54) is 17.5 Å².